The number of rotatable bonds is 7. The van der Waals surface area contributed by atoms with Crippen molar-refractivity contribution in [2.45, 2.75) is 45.2 Å². The van der Waals surface area contributed by atoms with Crippen LogP contribution in [0.4, 0.5) is 4.79 Å². The van der Waals surface area contributed by atoms with Crippen LogP contribution in [0.1, 0.15) is 44.7 Å². The Morgan fingerprint density at radius 3 is 2.35 bits per heavy atom. The summed E-state index contributed by atoms with van der Waals surface area (Å²) in [6.07, 6.45) is 2.17. The number of urea groups is 1. The van der Waals surface area contributed by atoms with Gasteiger partial charge in [0.15, 0.2) is 0 Å². The average Bonchev–Trinajstić information content (AvgIpc) is 2.45. The third-order valence-corrected chi connectivity index (χ3v) is 3.54. The van der Waals surface area contributed by atoms with Gasteiger partial charge in [-0.15, -0.1) is 0 Å². The summed E-state index contributed by atoms with van der Waals surface area (Å²) < 4.78 is 0. The lowest BCUT2D eigenvalue weighted by Gasteiger charge is -2.21. The lowest BCUT2D eigenvalue weighted by atomic mass is 10.0. The third-order valence-electron chi connectivity index (χ3n) is 3.29. The van der Waals surface area contributed by atoms with E-state index in [9.17, 15) is 4.79 Å². The zero-order chi connectivity index (χ0) is 15.0. The molecule has 0 spiro atoms. The van der Waals surface area contributed by atoms with Gasteiger partial charge in [0, 0.05) is 17.7 Å². The van der Waals surface area contributed by atoms with Gasteiger partial charge in [-0.1, -0.05) is 37.6 Å². The number of halogens is 1. The van der Waals surface area contributed by atoms with E-state index in [1.165, 1.54) is 0 Å². The topological polar surface area (TPSA) is 61.4 Å². The molecule has 0 bridgehead atoms. The molecule has 0 saturated heterocycles. The van der Waals surface area contributed by atoms with E-state index in [0.717, 1.165) is 18.4 Å². The summed E-state index contributed by atoms with van der Waals surface area (Å²) in [5.41, 5.74) is 1.03. The second-order valence-electron chi connectivity index (χ2n) is 4.75. The van der Waals surface area contributed by atoms with Gasteiger partial charge in [-0.2, -0.15) is 0 Å². The maximum absolute atomic E-state index is 12.0. The summed E-state index contributed by atoms with van der Waals surface area (Å²) in [7, 11) is 0. The van der Waals surface area contributed by atoms with E-state index in [-0.39, 0.29) is 24.7 Å². The predicted octanol–water partition coefficient (Wildman–Crippen LogP) is 3.25. The number of nitrogens with one attached hydrogen (secondary N) is 2. The van der Waals surface area contributed by atoms with Crippen molar-refractivity contribution >= 4 is 17.6 Å². The van der Waals surface area contributed by atoms with Crippen molar-refractivity contribution < 1.29 is 9.90 Å². The molecule has 0 saturated carbocycles. The molecule has 20 heavy (non-hydrogen) atoms. The molecule has 4 nitrogen and oxygen atoms in total. The summed E-state index contributed by atoms with van der Waals surface area (Å²) in [5.74, 6) is 0. The zero-order valence-electron chi connectivity index (χ0n) is 12.0. The Bertz CT molecular complexity index is 409. The SMILES string of the molecule is CCC(CCO)NC(=O)NC(CC)c1ccc(Cl)cc1. The van der Waals surface area contributed by atoms with E-state index in [0.29, 0.717) is 11.4 Å². The number of aliphatic hydroxyl groups excluding tert-OH is 1. The summed E-state index contributed by atoms with van der Waals surface area (Å²) in [6, 6.07) is 7.23. The van der Waals surface area contributed by atoms with Gasteiger partial charge in [-0.3, -0.25) is 0 Å². The van der Waals surface area contributed by atoms with Crippen LogP contribution in [0.25, 0.3) is 0 Å². The van der Waals surface area contributed by atoms with Gasteiger partial charge in [-0.05, 0) is 37.0 Å². The third kappa shape index (κ3) is 5.39. The van der Waals surface area contributed by atoms with Crippen LogP contribution in [-0.4, -0.2) is 23.8 Å². The highest BCUT2D eigenvalue weighted by molar-refractivity contribution is 6.30. The number of hydrogen-bond donors (Lipinski definition) is 3. The molecular formula is C15H23ClN2O2. The fourth-order valence-corrected chi connectivity index (χ4v) is 2.16. The quantitative estimate of drug-likeness (QED) is 0.723. The molecule has 5 heteroatoms. The maximum atomic E-state index is 12.0. The van der Waals surface area contributed by atoms with Gasteiger partial charge < -0.3 is 15.7 Å². The maximum Gasteiger partial charge on any atom is 0.315 e. The van der Waals surface area contributed by atoms with Crippen molar-refractivity contribution in [1.82, 2.24) is 10.6 Å². The van der Waals surface area contributed by atoms with Gasteiger partial charge in [0.1, 0.15) is 0 Å². The molecular weight excluding hydrogens is 276 g/mol. The number of aliphatic hydroxyl groups is 1. The van der Waals surface area contributed by atoms with Crippen molar-refractivity contribution in [2.75, 3.05) is 6.61 Å². The van der Waals surface area contributed by atoms with E-state index in [2.05, 4.69) is 10.6 Å². The van der Waals surface area contributed by atoms with Crippen LogP contribution in [0, 0.1) is 0 Å². The Balaban J connectivity index is 2.59. The minimum absolute atomic E-state index is 0.00252. The van der Waals surface area contributed by atoms with Crippen LogP contribution in [0.5, 0.6) is 0 Å². The first-order chi connectivity index (χ1) is 9.60. The zero-order valence-corrected chi connectivity index (χ0v) is 12.8. The van der Waals surface area contributed by atoms with Crippen LogP contribution in [0.3, 0.4) is 0 Å². The molecule has 0 radical (unpaired) electrons. The molecule has 2 amide bonds. The van der Waals surface area contributed by atoms with Gasteiger partial charge in [0.05, 0.1) is 6.04 Å². The van der Waals surface area contributed by atoms with E-state index in [1.54, 1.807) is 0 Å². The number of carbonyl (C=O) groups is 1. The molecule has 0 aliphatic rings. The second-order valence-corrected chi connectivity index (χ2v) is 5.18. The van der Waals surface area contributed by atoms with Crippen LogP contribution >= 0.6 is 11.6 Å². The van der Waals surface area contributed by atoms with Crippen molar-refractivity contribution in [3.63, 3.8) is 0 Å². The van der Waals surface area contributed by atoms with Crippen molar-refractivity contribution in [3.05, 3.63) is 34.9 Å². The largest absolute Gasteiger partial charge is 0.396 e. The van der Waals surface area contributed by atoms with Gasteiger partial charge in [-0.25, -0.2) is 4.79 Å². The Labute approximate surface area is 125 Å². The van der Waals surface area contributed by atoms with Crippen molar-refractivity contribution in [1.29, 1.82) is 0 Å². The Morgan fingerprint density at radius 1 is 1.20 bits per heavy atom. The molecule has 1 rings (SSSR count). The highest BCUT2D eigenvalue weighted by atomic mass is 35.5. The minimum Gasteiger partial charge on any atom is -0.396 e. The highest BCUT2D eigenvalue weighted by Gasteiger charge is 2.15. The fraction of sp³-hybridized carbons (Fsp3) is 0.533. The van der Waals surface area contributed by atoms with Crippen LogP contribution in [0.15, 0.2) is 24.3 Å². The minimum atomic E-state index is -0.202. The molecule has 1 aromatic carbocycles. The molecule has 2 atom stereocenters. The molecule has 2 unspecified atom stereocenters. The smallest absolute Gasteiger partial charge is 0.315 e. The molecule has 0 aromatic heterocycles. The van der Waals surface area contributed by atoms with Crippen LogP contribution < -0.4 is 10.6 Å². The van der Waals surface area contributed by atoms with Gasteiger partial charge in [0.25, 0.3) is 0 Å². The molecule has 1 aromatic rings. The summed E-state index contributed by atoms with van der Waals surface area (Å²) in [4.78, 5) is 12.0. The second kappa shape index (κ2) is 8.82. The highest BCUT2D eigenvalue weighted by Crippen LogP contribution is 2.19. The fourth-order valence-electron chi connectivity index (χ4n) is 2.04. The van der Waals surface area contributed by atoms with E-state index in [1.807, 2.05) is 38.1 Å². The molecule has 0 heterocycles. The first-order valence-electron chi connectivity index (χ1n) is 7.04. The first-order valence-corrected chi connectivity index (χ1v) is 7.41. The van der Waals surface area contributed by atoms with Gasteiger partial charge >= 0.3 is 6.03 Å². The molecule has 0 aliphatic heterocycles. The lowest BCUT2D eigenvalue weighted by Crippen LogP contribution is -2.43. The van der Waals surface area contributed by atoms with E-state index in [4.69, 9.17) is 16.7 Å². The van der Waals surface area contributed by atoms with Crippen molar-refractivity contribution in [3.8, 4) is 0 Å². The number of benzene rings is 1. The Morgan fingerprint density at radius 2 is 1.85 bits per heavy atom. The summed E-state index contributed by atoms with van der Waals surface area (Å²) >= 11 is 5.86. The van der Waals surface area contributed by atoms with E-state index >= 15 is 0 Å². The number of amides is 2. The van der Waals surface area contributed by atoms with Crippen LogP contribution in [-0.2, 0) is 0 Å². The summed E-state index contributed by atoms with van der Waals surface area (Å²) in [6.45, 7) is 4.08. The van der Waals surface area contributed by atoms with Crippen LogP contribution in [0.2, 0.25) is 5.02 Å². The lowest BCUT2D eigenvalue weighted by molar-refractivity contribution is 0.224. The monoisotopic (exact) mass is 298 g/mol. The standard InChI is InChI=1S/C15H23ClN2O2/c1-3-13(9-10-19)17-15(20)18-14(4-2)11-5-7-12(16)8-6-11/h5-8,13-14,19H,3-4,9-10H2,1-2H3,(H2,17,18,20). The van der Waals surface area contributed by atoms with E-state index < -0.39 is 0 Å². The Kier molecular flexibility index (Phi) is 7.41. The molecule has 0 fully saturated rings. The average molecular weight is 299 g/mol. The first kappa shape index (κ1) is 16.8. The van der Waals surface area contributed by atoms with Crippen molar-refractivity contribution in [2.24, 2.45) is 0 Å². The number of carbonyl (C=O) groups excluding carboxylic acids is 1. The predicted molar refractivity (Wildman–Crippen MR) is 81.9 cm³/mol. The molecule has 3 N–H and O–H groups in total. The molecule has 112 valence electrons. The Hall–Kier alpha value is -1.26. The number of hydrogen-bond acceptors (Lipinski definition) is 2. The summed E-state index contributed by atoms with van der Waals surface area (Å²) in [5, 5.41) is 15.4. The molecule has 0 aliphatic carbocycles. The normalized spacial score (nSPS) is 13.6. The van der Waals surface area contributed by atoms with Gasteiger partial charge in [0.2, 0.25) is 0 Å².